The number of fused-ring (bicyclic) bond motifs is 1. The molecule has 2 aliphatic heterocycles. The number of rotatable bonds is 6. The standard InChI is InChI=1S/C21H24N4O3/c26-21(23-22-15-17-6-7-19-20(14-17)28-16-27-19)8-9-24-10-12-25(13-11-24)18-4-2-1-3-5-18/h1-7,14-15H,8-13,16H2,(H,23,26)/p+1/b22-15-. The van der Waals surface area contributed by atoms with Gasteiger partial charge in [0.05, 0.1) is 45.4 Å². The topological polar surface area (TPSA) is 67.6 Å². The molecule has 2 aliphatic rings. The molecule has 1 fully saturated rings. The molecule has 0 aromatic heterocycles. The van der Waals surface area contributed by atoms with Crippen LogP contribution in [0, 0.1) is 0 Å². The molecule has 0 bridgehead atoms. The molecule has 2 heterocycles. The number of carbonyl (C=O) groups is 1. The number of quaternary nitrogens is 1. The SMILES string of the molecule is O=C(CC[NH+]1CCN(c2ccccc2)CC1)N/N=C\c1ccc2c(c1)OCO2. The van der Waals surface area contributed by atoms with E-state index >= 15 is 0 Å². The number of piperazine rings is 1. The summed E-state index contributed by atoms with van der Waals surface area (Å²) in [7, 11) is 0. The third kappa shape index (κ3) is 4.61. The third-order valence-corrected chi connectivity index (χ3v) is 5.10. The second-order valence-electron chi connectivity index (χ2n) is 6.98. The fraction of sp³-hybridized carbons (Fsp3) is 0.333. The summed E-state index contributed by atoms with van der Waals surface area (Å²) in [6, 6.07) is 16.0. The first-order valence-corrected chi connectivity index (χ1v) is 9.63. The molecule has 146 valence electrons. The van der Waals surface area contributed by atoms with Crippen molar-refractivity contribution in [2.45, 2.75) is 6.42 Å². The average Bonchev–Trinajstić information content (AvgIpc) is 3.21. The first-order valence-electron chi connectivity index (χ1n) is 9.63. The minimum Gasteiger partial charge on any atom is -0.454 e. The van der Waals surface area contributed by atoms with Crippen LogP contribution in [0.2, 0.25) is 0 Å². The van der Waals surface area contributed by atoms with Crippen molar-refractivity contribution in [2.24, 2.45) is 5.10 Å². The summed E-state index contributed by atoms with van der Waals surface area (Å²) in [5.41, 5.74) is 4.74. The zero-order valence-electron chi connectivity index (χ0n) is 15.8. The van der Waals surface area contributed by atoms with Gasteiger partial charge in [0.1, 0.15) is 0 Å². The van der Waals surface area contributed by atoms with E-state index in [2.05, 4.69) is 39.7 Å². The molecule has 2 aromatic carbocycles. The van der Waals surface area contributed by atoms with E-state index in [9.17, 15) is 4.79 Å². The number of nitrogens with one attached hydrogen (secondary N) is 2. The molecular formula is C21H25N4O3+. The summed E-state index contributed by atoms with van der Waals surface area (Å²) in [5, 5.41) is 4.04. The quantitative estimate of drug-likeness (QED) is 0.570. The Hall–Kier alpha value is -3.06. The van der Waals surface area contributed by atoms with Gasteiger partial charge in [-0.2, -0.15) is 5.10 Å². The Balaban J connectivity index is 1.17. The van der Waals surface area contributed by atoms with Crippen LogP contribution in [0.1, 0.15) is 12.0 Å². The van der Waals surface area contributed by atoms with Crippen LogP contribution in [0.25, 0.3) is 0 Å². The van der Waals surface area contributed by atoms with Gasteiger partial charge in [-0.1, -0.05) is 18.2 Å². The maximum Gasteiger partial charge on any atom is 0.245 e. The molecule has 0 spiro atoms. The van der Waals surface area contributed by atoms with Crippen LogP contribution in [0.5, 0.6) is 11.5 Å². The number of hydrazone groups is 1. The van der Waals surface area contributed by atoms with Crippen LogP contribution >= 0.6 is 0 Å². The smallest absolute Gasteiger partial charge is 0.245 e. The molecule has 0 atom stereocenters. The van der Waals surface area contributed by atoms with Crippen LogP contribution in [-0.2, 0) is 4.79 Å². The fourth-order valence-electron chi connectivity index (χ4n) is 3.49. The van der Waals surface area contributed by atoms with Crippen LogP contribution in [0.4, 0.5) is 5.69 Å². The Labute approximate surface area is 164 Å². The van der Waals surface area contributed by atoms with Crippen molar-refractivity contribution in [2.75, 3.05) is 44.4 Å². The van der Waals surface area contributed by atoms with Crippen molar-refractivity contribution < 1.29 is 19.2 Å². The van der Waals surface area contributed by atoms with E-state index in [-0.39, 0.29) is 12.7 Å². The van der Waals surface area contributed by atoms with Crippen LogP contribution in [0.15, 0.2) is 53.6 Å². The van der Waals surface area contributed by atoms with Gasteiger partial charge < -0.3 is 19.3 Å². The molecule has 7 nitrogen and oxygen atoms in total. The lowest BCUT2D eigenvalue weighted by molar-refractivity contribution is -0.900. The van der Waals surface area contributed by atoms with E-state index in [1.54, 1.807) is 6.21 Å². The van der Waals surface area contributed by atoms with Gasteiger partial charge in [-0.05, 0) is 35.9 Å². The Kier molecular flexibility index (Phi) is 5.72. The molecule has 7 heteroatoms. The maximum absolute atomic E-state index is 12.1. The monoisotopic (exact) mass is 381 g/mol. The first-order chi connectivity index (χ1) is 13.8. The number of hydrogen-bond donors (Lipinski definition) is 2. The highest BCUT2D eigenvalue weighted by molar-refractivity contribution is 5.83. The van der Waals surface area contributed by atoms with Gasteiger partial charge in [0.25, 0.3) is 0 Å². The molecule has 1 amide bonds. The molecule has 0 saturated carbocycles. The van der Waals surface area contributed by atoms with E-state index in [4.69, 9.17) is 9.47 Å². The van der Waals surface area contributed by atoms with Gasteiger partial charge in [0, 0.05) is 5.69 Å². The predicted molar refractivity (Wildman–Crippen MR) is 107 cm³/mol. The summed E-state index contributed by atoms with van der Waals surface area (Å²) in [4.78, 5) is 15.9. The Morgan fingerprint density at radius 2 is 1.89 bits per heavy atom. The van der Waals surface area contributed by atoms with Gasteiger partial charge in [-0.15, -0.1) is 0 Å². The number of nitrogens with zero attached hydrogens (tertiary/aromatic N) is 2. The third-order valence-electron chi connectivity index (χ3n) is 5.10. The molecule has 28 heavy (non-hydrogen) atoms. The number of carbonyl (C=O) groups excluding carboxylic acids is 1. The molecule has 2 aromatic rings. The van der Waals surface area contributed by atoms with Crippen molar-refractivity contribution in [3.63, 3.8) is 0 Å². The highest BCUT2D eigenvalue weighted by atomic mass is 16.7. The van der Waals surface area contributed by atoms with Crippen molar-refractivity contribution >= 4 is 17.8 Å². The second-order valence-corrected chi connectivity index (χ2v) is 6.98. The van der Waals surface area contributed by atoms with Gasteiger partial charge >= 0.3 is 0 Å². The summed E-state index contributed by atoms with van der Waals surface area (Å²) in [6.07, 6.45) is 2.09. The van der Waals surface area contributed by atoms with Gasteiger partial charge in [-0.3, -0.25) is 4.79 Å². The molecule has 0 unspecified atom stereocenters. The van der Waals surface area contributed by atoms with Crippen molar-refractivity contribution in [1.29, 1.82) is 0 Å². The van der Waals surface area contributed by atoms with E-state index in [1.807, 2.05) is 24.3 Å². The van der Waals surface area contributed by atoms with Crippen LogP contribution in [0.3, 0.4) is 0 Å². The predicted octanol–water partition coefficient (Wildman–Crippen LogP) is 0.661. The molecule has 1 saturated heterocycles. The van der Waals surface area contributed by atoms with Gasteiger partial charge in [0.2, 0.25) is 12.7 Å². The van der Waals surface area contributed by atoms with E-state index in [1.165, 1.54) is 10.6 Å². The summed E-state index contributed by atoms with van der Waals surface area (Å²) >= 11 is 0. The normalized spacial score (nSPS) is 16.5. The van der Waals surface area contributed by atoms with Crippen LogP contribution in [-0.4, -0.2) is 51.6 Å². The molecule has 4 rings (SSSR count). The zero-order chi connectivity index (χ0) is 19.2. The van der Waals surface area contributed by atoms with Gasteiger partial charge in [-0.25, -0.2) is 5.43 Å². The fourth-order valence-corrected chi connectivity index (χ4v) is 3.49. The number of hydrogen-bond acceptors (Lipinski definition) is 5. The minimum absolute atomic E-state index is 0.0602. The van der Waals surface area contributed by atoms with Crippen molar-refractivity contribution in [1.82, 2.24) is 5.43 Å². The lowest BCUT2D eigenvalue weighted by atomic mass is 10.2. The number of anilines is 1. The minimum atomic E-state index is -0.0602. The Bertz CT molecular complexity index is 833. The number of para-hydroxylation sites is 1. The van der Waals surface area contributed by atoms with Crippen molar-refractivity contribution in [3.05, 3.63) is 54.1 Å². The lowest BCUT2D eigenvalue weighted by Gasteiger charge is -2.33. The van der Waals surface area contributed by atoms with Crippen molar-refractivity contribution in [3.8, 4) is 11.5 Å². The second kappa shape index (κ2) is 8.75. The van der Waals surface area contributed by atoms with Crippen LogP contribution < -0.4 is 24.7 Å². The number of ether oxygens (including phenoxy) is 2. The summed E-state index contributed by atoms with van der Waals surface area (Å²) < 4.78 is 10.6. The lowest BCUT2D eigenvalue weighted by Crippen LogP contribution is -3.15. The number of benzene rings is 2. The van der Waals surface area contributed by atoms with Gasteiger partial charge in [0.15, 0.2) is 11.5 Å². The van der Waals surface area contributed by atoms with E-state index in [0.717, 1.165) is 44.0 Å². The highest BCUT2D eigenvalue weighted by Gasteiger charge is 2.20. The number of amides is 1. The maximum atomic E-state index is 12.1. The zero-order valence-corrected chi connectivity index (χ0v) is 15.8. The molecule has 2 N–H and O–H groups in total. The first kappa shape index (κ1) is 18.3. The summed E-state index contributed by atoms with van der Waals surface area (Å²) in [5.74, 6) is 1.38. The average molecular weight is 381 g/mol. The Morgan fingerprint density at radius 1 is 1.11 bits per heavy atom. The Morgan fingerprint density at radius 3 is 2.71 bits per heavy atom. The molecular weight excluding hydrogens is 356 g/mol. The highest BCUT2D eigenvalue weighted by Crippen LogP contribution is 2.31. The summed E-state index contributed by atoms with van der Waals surface area (Å²) in [6.45, 7) is 5.19. The molecule has 0 radical (unpaired) electrons. The van der Waals surface area contributed by atoms with E-state index < -0.39 is 0 Å². The largest absolute Gasteiger partial charge is 0.454 e. The van der Waals surface area contributed by atoms with E-state index in [0.29, 0.717) is 12.2 Å². The molecule has 0 aliphatic carbocycles.